The van der Waals surface area contributed by atoms with Crippen LogP contribution in [0.1, 0.15) is 26.0 Å². The fourth-order valence-corrected chi connectivity index (χ4v) is 1.84. The molecule has 96 valence electrons. The number of hydrogen-bond acceptors (Lipinski definition) is 4. The quantitative estimate of drug-likeness (QED) is 0.756. The minimum atomic E-state index is -0.651. The predicted octanol–water partition coefficient (Wildman–Crippen LogP) is 1.12. The van der Waals surface area contributed by atoms with E-state index in [4.69, 9.17) is 4.74 Å². The molecular formula is C12H21N3O2. The molecule has 0 bridgehead atoms. The fourth-order valence-electron chi connectivity index (χ4n) is 1.84. The number of aromatic nitrogens is 2. The van der Waals surface area contributed by atoms with Crippen molar-refractivity contribution in [2.75, 3.05) is 13.7 Å². The summed E-state index contributed by atoms with van der Waals surface area (Å²) >= 11 is 0. The maximum Gasteiger partial charge on any atom is 0.325 e. The van der Waals surface area contributed by atoms with E-state index in [0.29, 0.717) is 13.0 Å². The first-order chi connectivity index (χ1) is 8.03. The van der Waals surface area contributed by atoms with Crippen molar-refractivity contribution in [3.05, 3.63) is 18.0 Å². The van der Waals surface area contributed by atoms with Crippen LogP contribution in [0.3, 0.4) is 0 Å². The maximum absolute atomic E-state index is 11.8. The zero-order chi connectivity index (χ0) is 12.9. The predicted molar refractivity (Wildman–Crippen MR) is 65.7 cm³/mol. The van der Waals surface area contributed by atoms with Crippen LogP contribution in [0.25, 0.3) is 0 Å². The molecular weight excluding hydrogens is 218 g/mol. The van der Waals surface area contributed by atoms with Crippen molar-refractivity contribution in [2.45, 2.75) is 39.3 Å². The SMILES string of the molecule is CCNC(C)(CCn1nccc1C)C(=O)OC. The molecule has 1 aromatic heterocycles. The van der Waals surface area contributed by atoms with Crippen LogP contribution in [0.2, 0.25) is 0 Å². The molecule has 1 N–H and O–H groups in total. The van der Waals surface area contributed by atoms with Gasteiger partial charge >= 0.3 is 5.97 Å². The Kier molecular flexibility index (Phi) is 4.69. The molecule has 17 heavy (non-hydrogen) atoms. The minimum absolute atomic E-state index is 0.232. The molecule has 0 aliphatic heterocycles. The zero-order valence-corrected chi connectivity index (χ0v) is 11.0. The molecule has 1 atom stereocenters. The Bertz CT molecular complexity index is 376. The number of rotatable bonds is 6. The molecule has 1 heterocycles. The number of nitrogens with zero attached hydrogens (tertiary/aromatic N) is 2. The average molecular weight is 239 g/mol. The van der Waals surface area contributed by atoms with Crippen LogP contribution in [-0.4, -0.2) is 34.9 Å². The Morgan fingerprint density at radius 2 is 2.35 bits per heavy atom. The second-order valence-electron chi connectivity index (χ2n) is 4.30. The summed E-state index contributed by atoms with van der Waals surface area (Å²) in [6, 6.07) is 1.95. The van der Waals surface area contributed by atoms with Gasteiger partial charge in [0.1, 0.15) is 5.54 Å². The number of methoxy groups -OCH3 is 1. The van der Waals surface area contributed by atoms with Crippen LogP contribution in [-0.2, 0) is 16.1 Å². The lowest BCUT2D eigenvalue weighted by Crippen LogP contribution is -2.50. The molecule has 1 rings (SSSR count). The number of hydrogen-bond donors (Lipinski definition) is 1. The van der Waals surface area contributed by atoms with Gasteiger partial charge in [-0.2, -0.15) is 5.10 Å². The summed E-state index contributed by atoms with van der Waals surface area (Å²) in [6.07, 6.45) is 2.41. The molecule has 0 spiro atoms. The highest BCUT2D eigenvalue weighted by Crippen LogP contribution is 2.13. The monoisotopic (exact) mass is 239 g/mol. The molecule has 1 unspecified atom stereocenters. The van der Waals surface area contributed by atoms with Crippen molar-refractivity contribution >= 4 is 5.97 Å². The maximum atomic E-state index is 11.8. The van der Waals surface area contributed by atoms with Gasteiger partial charge in [0.25, 0.3) is 0 Å². The number of esters is 1. The summed E-state index contributed by atoms with van der Waals surface area (Å²) in [5, 5.41) is 7.38. The van der Waals surface area contributed by atoms with Gasteiger partial charge in [-0.3, -0.25) is 9.48 Å². The molecule has 1 aromatic rings. The third kappa shape index (κ3) is 3.30. The van der Waals surface area contributed by atoms with Crippen LogP contribution in [0, 0.1) is 6.92 Å². The van der Waals surface area contributed by atoms with Gasteiger partial charge in [-0.25, -0.2) is 0 Å². The summed E-state index contributed by atoms with van der Waals surface area (Å²) in [4.78, 5) is 11.8. The molecule has 0 saturated carbocycles. The third-order valence-electron chi connectivity index (χ3n) is 2.96. The summed E-state index contributed by atoms with van der Waals surface area (Å²) in [6.45, 7) is 7.25. The lowest BCUT2D eigenvalue weighted by Gasteiger charge is -2.27. The Hall–Kier alpha value is -1.36. The average Bonchev–Trinajstić information content (AvgIpc) is 2.71. The van der Waals surface area contributed by atoms with Crippen molar-refractivity contribution in [1.82, 2.24) is 15.1 Å². The summed E-state index contributed by atoms with van der Waals surface area (Å²) in [5.74, 6) is -0.232. The van der Waals surface area contributed by atoms with Gasteiger partial charge in [0.2, 0.25) is 0 Å². The van der Waals surface area contributed by atoms with E-state index in [-0.39, 0.29) is 5.97 Å². The first-order valence-electron chi connectivity index (χ1n) is 5.85. The number of ether oxygens (including phenoxy) is 1. The van der Waals surface area contributed by atoms with E-state index in [0.717, 1.165) is 12.2 Å². The first kappa shape index (κ1) is 13.7. The van der Waals surface area contributed by atoms with Crippen molar-refractivity contribution in [2.24, 2.45) is 0 Å². The van der Waals surface area contributed by atoms with Gasteiger partial charge < -0.3 is 10.1 Å². The van der Waals surface area contributed by atoms with E-state index in [1.165, 1.54) is 7.11 Å². The summed E-state index contributed by atoms with van der Waals surface area (Å²) in [7, 11) is 1.41. The first-order valence-corrected chi connectivity index (χ1v) is 5.85. The largest absolute Gasteiger partial charge is 0.468 e. The highest BCUT2D eigenvalue weighted by Gasteiger charge is 2.33. The van der Waals surface area contributed by atoms with Crippen molar-refractivity contribution in [3.8, 4) is 0 Å². The van der Waals surface area contributed by atoms with Gasteiger partial charge in [0, 0.05) is 18.4 Å². The van der Waals surface area contributed by atoms with Gasteiger partial charge in [0.15, 0.2) is 0 Å². The van der Waals surface area contributed by atoms with E-state index < -0.39 is 5.54 Å². The highest BCUT2D eigenvalue weighted by atomic mass is 16.5. The number of likely N-dealkylation sites (N-methyl/N-ethyl adjacent to an activating group) is 1. The van der Waals surface area contributed by atoms with Crippen molar-refractivity contribution in [1.29, 1.82) is 0 Å². The van der Waals surface area contributed by atoms with Crippen LogP contribution < -0.4 is 5.32 Å². The second kappa shape index (κ2) is 5.82. The summed E-state index contributed by atoms with van der Waals surface area (Å²) < 4.78 is 6.72. The van der Waals surface area contributed by atoms with Crippen LogP contribution >= 0.6 is 0 Å². The Morgan fingerprint density at radius 1 is 1.65 bits per heavy atom. The van der Waals surface area contributed by atoms with Crippen LogP contribution in [0.4, 0.5) is 0 Å². The topological polar surface area (TPSA) is 56.2 Å². The van der Waals surface area contributed by atoms with Crippen molar-refractivity contribution in [3.63, 3.8) is 0 Å². The van der Waals surface area contributed by atoms with E-state index in [2.05, 4.69) is 10.4 Å². The van der Waals surface area contributed by atoms with Gasteiger partial charge in [-0.05, 0) is 32.9 Å². The molecule has 5 nitrogen and oxygen atoms in total. The van der Waals surface area contributed by atoms with E-state index in [1.807, 2.05) is 31.5 Å². The standard InChI is InChI=1S/C12H21N3O2/c1-5-13-12(3,11(16)17-4)7-9-15-10(2)6-8-14-15/h6,8,13H,5,7,9H2,1-4H3. The molecule has 5 heteroatoms. The van der Waals surface area contributed by atoms with Crippen LogP contribution in [0.5, 0.6) is 0 Å². The number of nitrogens with one attached hydrogen (secondary N) is 1. The lowest BCUT2D eigenvalue weighted by molar-refractivity contribution is -0.148. The van der Waals surface area contributed by atoms with Gasteiger partial charge in [-0.1, -0.05) is 6.92 Å². The van der Waals surface area contributed by atoms with E-state index in [1.54, 1.807) is 6.20 Å². The molecule has 0 radical (unpaired) electrons. The number of carbonyl (C=O) groups is 1. The third-order valence-corrected chi connectivity index (χ3v) is 2.96. The molecule has 0 aromatic carbocycles. The Balaban J connectivity index is 2.68. The lowest BCUT2D eigenvalue weighted by atomic mass is 9.98. The Morgan fingerprint density at radius 3 is 2.82 bits per heavy atom. The normalized spacial score (nSPS) is 14.4. The van der Waals surface area contributed by atoms with E-state index in [9.17, 15) is 4.79 Å². The number of aryl methyl sites for hydroxylation is 2. The van der Waals surface area contributed by atoms with Crippen LogP contribution in [0.15, 0.2) is 12.3 Å². The highest BCUT2D eigenvalue weighted by molar-refractivity contribution is 5.80. The Labute approximate surface area is 102 Å². The molecule has 0 aliphatic rings. The molecule has 0 saturated heterocycles. The second-order valence-corrected chi connectivity index (χ2v) is 4.30. The molecule has 0 amide bonds. The van der Waals surface area contributed by atoms with Crippen molar-refractivity contribution < 1.29 is 9.53 Å². The van der Waals surface area contributed by atoms with E-state index >= 15 is 0 Å². The molecule has 0 aliphatic carbocycles. The fraction of sp³-hybridized carbons (Fsp3) is 0.667. The zero-order valence-electron chi connectivity index (χ0n) is 11.0. The molecule has 0 fully saturated rings. The minimum Gasteiger partial charge on any atom is -0.468 e. The van der Waals surface area contributed by atoms with Gasteiger partial charge in [-0.15, -0.1) is 0 Å². The van der Waals surface area contributed by atoms with Gasteiger partial charge in [0.05, 0.1) is 7.11 Å². The number of carbonyl (C=O) groups excluding carboxylic acids is 1. The summed E-state index contributed by atoms with van der Waals surface area (Å²) in [5.41, 5.74) is 0.440. The smallest absolute Gasteiger partial charge is 0.325 e.